The number of likely N-dealkylation sites (N-methyl/N-ethyl adjacent to an activating group) is 1. The third-order valence-electron chi connectivity index (χ3n) is 4.45. The second kappa shape index (κ2) is 11.0. The lowest BCUT2D eigenvalue weighted by Gasteiger charge is -2.16. The summed E-state index contributed by atoms with van der Waals surface area (Å²) >= 11 is 0. The third-order valence-corrected chi connectivity index (χ3v) is 4.45. The van der Waals surface area contributed by atoms with Crippen molar-refractivity contribution in [1.82, 2.24) is 15.5 Å². The molecule has 5 nitrogen and oxygen atoms in total. The molecule has 0 bridgehead atoms. The fourth-order valence-corrected chi connectivity index (χ4v) is 2.93. The van der Waals surface area contributed by atoms with Crippen molar-refractivity contribution in [2.45, 2.75) is 39.5 Å². The normalized spacial score (nSPS) is 13.7. The molecule has 1 aliphatic heterocycles. The van der Waals surface area contributed by atoms with Gasteiger partial charge in [-0.2, -0.15) is 0 Å². The molecule has 1 heterocycles. The van der Waals surface area contributed by atoms with Crippen LogP contribution in [0.15, 0.2) is 23.2 Å². The van der Waals surface area contributed by atoms with Gasteiger partial charge in [0.25, 0.3) is 0 Å². The van der Waals surface area contributed by atoms with E-state index in [-0.39, 0.29) is 0 Å². The van der Waals surface area contributed by atoms with Crippen LogP contribution in [0.1, 0.15) is 37.8 Å². The molecule has 140 valence electrons. The maximum atomic E-state index is 5.57. The first-order valence-corrected chi connectivity index (χ1v) is 9.68. The SMILES string of the molecule is CCCCN(C)CCN=C(NCC)NCCc1ccc2c(c1)CCO2. The topological polar surface area (TPSA) is 48.9 Å². The average Bonchev–Trinajstić information content (AvgIpc) is 3.07. The predicted molar refractivity (Wildman–Crippen MR) is 106 cm³/mol. The second-order valence-corrected chi connectivity index (χ2v) is 6.63. The van der Waals surface area contributed by atoms with Crippen molar-refractivity contribution in [3.05, 3.63) is 29.3 Å². The number of guanidine groups is 1. The van der Waals surface area contributed by atoms with Crippen LogP contribution in [0.25, 0.3) is 0 Å². The molecule has 0 atom stereocenters. The van der Waals surface area contributed by atoms with Crippen molar-refractivity contribution in [1.29, 1.82) is 0 Å². The van der Waals surface area contributed by atoms with E-state index in [0.717, 1.165) is 63.9 Å². The molecule has 1 aromatic carbocycles. The molecule has 0 unspecified atom stereocenters. The number of nitrogens with one attached hydrogen (secondary N) is 2. The summed E-state index contributed by atoms with van der Waals surface area (Å²) in [6, 6.07) is 6.54. The lowest BCUT2D eigenvalue weighted by Crippen LogP contribution is -2.39. The smallest absolute Gasteiger partial charge is 0.191 e. The molecule has 0 saturated carbocycles. The molecule has 0 aliphatic carbocycles. The summed E-state index contributed by atoms with van der Waals surface area (Å²) in [6.45, 7) is 9.90. The number of aliphatic imine (C=N–C) groups is 1. The number of nitrogens with zero attached hydrogens (tertiary/aromatic N) is 2. The minimum Gasteiger partial charge on any atom is -0.493 e. The van der Waals surface area contributed by atoms with Crippen LogP contribution in [0.5, 0.6) is 5.75 Å². The Morgan fingerprint density at radius 3 is 2.92 bits per heavy atom. The maximum absolute atomic E-state index is 5.57. The Balaban J connectivity index is 1.74. The molecule has 0 saturated heterocycles. The Morgan fingerprint density at radius 1 is 1.24 bits per heavy atom. The van der Waals surface area contributed by atoms with E-state index in [1.54, 1.807) is 0 Å². The Labute approximate surface area is 152 Å². The minimum absolute atomic E-state index is 0.820. The van der Waals surface area contributed by atoms with Crippen LogP contribution < -0.4 is 15.4 Å². The van der Waals surface area contributed by atoms with E-state index in [9.17, 15) is 0 Å². The minimum atomic E-state index is 0.820. The highest BCUT2D eigenvalue weighted by molar-refractivity contribution is 5.79. The van der Waals surface area contributed by atoms with Crippen LogP contribution in [0, 0.1) is 0 Å². The number of hydrogen-bond donors (Lipinski definition) is 2. The molecule has 25 heavy (non-hydrogen) atoms. The molecular formula is C20H34N4O. The summed E-state index contributed by atoms with van der Waals surface area (Å²) < 4.78 is 5.57. The van der Waals surface area contributed by atoms with E-state index in [4.69, 9.17) is 4.74 Å². The summed E-state index contributed by atoms with van der Waals surface area (Å²) in [6.07, 6.45) is 4.53. The zero-order chi connectivity index (χ0) is 17.9. The van der Waals surface area contributed by atoms with Crippen molar-refractivity contribution in [2.75, 3.05) is 46.4 Å². The van der Waals surface area contributed by atoms with Crippen molar-refractivity contribution in [3.8, 4) is 5.75 Å². The Morgan fingerprint density at radius 2 is 2.12 bits per heavy atom. The van der Waals surface area contributed by atoms with E-state index in [1.165, 1.54) is 24.0 Å². The van der Waals surface area contributed by atoms with Crippen LogP contribution in [0.4, 0.5) is 0 Å². The molecule has 2 N–H and O–H groups in total. The molecular weight excluding hydrogens is 312 g/mol. The standard InChI is InChI=1S/C20H34N4O/c1-4-6-13-24(3)14-12-23-20(21-5-2)22-11-9-17-7-8-19-18(16-17)10-15-25-19/h7-8,16H,4-6,9-15H2,1-3H3,(H2,21,22,23). The lowest BCUT2D eigenvalue weighted by atomic mass is 10.1. The molecule has 0 aromatic heterocycles. The van der Waals surface area contributed by atoms with Gasteiger partial charge in [0.05, 0.1) is 13.2 Å². The van der Waals surface area contributed by atoms with Gasteiger partial charge in [-0.25, -0.2) is 0 Å². The van der Waals surface area contributed by atoms with Crippen molar-refractivity contribution < 1.29 is 4.74 Å². The summed E-state index contributed by atoms with van der Waals surface area (Å²) in [5, 5.41) is 6.77. The van der Waals surface area contributed by atoms with E-state index >= 15 is 0 Å². The summed E-state index contributed by atoms with van der Waals surface area (Å²) in [5.41, 5.74) is 2.69. The average molecular weight is 347 g/mol. The van der Waals surface area contributed by atoms with Gasteiger partial charge in [-0.1, -0.05) is 25.5 Å². The van der Waals surface area contributed by atoms with Crippen LogP contribution in [-0.4, -0.2) is 57.2 Å². The Kier molecular flexibility index (Phi) is 8.60. The predicted octanol–water partition coefficient (Wildman–Crippen LogP) is 2.45. The van der Waals surface area contributed by atoms with Crippen molar-refractivity contribution in [3.63, 3.8) is 0 Å². The van der Waals surface area contributed by atoms with Crippen LogP contribution in [0.2, 0.25) is 0 Å². The number of rotatable bonds is 10. The van der Waals surface area contributed by atoms with Crippen molar-refractivity contribution >= 4 is 5.96 Å². The zero-order valence-electron chi connectivity index (χ0n) is 16.1. The van der Waals surface area contributed by atoms with E-state index < -0.39 is 0 Å². The fourth-order valence-electron chi connectivity index (χ4n) is 2.93. The highest BCUT2D eigenvalue weighted by Gasteiger charge is 2.11. The maximum Gasteiger partial charge on any atom is 0.191 e. The van der Waals surface area contributed by atoms with Crippen LogP contribution in [0.3, 0.4) is 0 Å². The van der Waals surface area contributed by atoms with E-state index in [1.807, 2.05) is 0 Å². The molecule has 0 spiro atoms. The summed E-state index contributed by atoms with van der Waals surface area (Å²) in [7, 11) is 2.17. The zero-order valence-corrected chi connectivity index (χ0v) is 16.1. The van der Waals surface area contributed by atoms with Crippen LogP contribution >= 0.6 is 0 Å². The number of benzene rings is 1. The number of unbranched alkanes of at least 4 members (excludes halogenated alkanes) is 1. The van der Waals surface area contributed by atoms with Gasteiger partial charge < -0.3 is 20.3 Å². The monoisotopic (exact) mass is 346 g/mol. The number of ether oxygens (including phenoxy) is 1. The van der Waals surface area contributed by atoms with Gasteiger partial charge >= 0.3 is 0 Å². The lowest BCUT2D eigenvalue weighted by molar-refractivity contribution is 0.337. The molecule has 0 fully saturated rings. The Hall–Kier alpha value is -1.75. The largest absolute Gasteiger partial charge is 0.493 e. The van der Waals surface area contributed by atoms with E-state index in [2.05, 4.69) is 59.6 Å². The van der Waals surface area contributed by atoms with Gasteiger partial charge in [0.2, 0.25) is 0 Å². The van der Waals surface area contributed by atoms with Gasteiger partial charge in [-0.15, -0.1) is 0 Å². The highest BCUT2D eigenvalue weighted by atomic mass is 16.5. The molecule has 1 aliphatic rings. The van der Waals surface area contributed by atoms with Gasteiger partial charge in [-0.05, 0) is 50.6 Å². The third kappa shape index (κ3) is 6.94. The summed E-state index contributed by atoms with van der Waals surface area (Å²) in [5.74, 6) is 1.97. The van der Waals surface area contributed by atoms with Gasteiger partial charge in [0.15, 0.2) is 5.96 Å². The molecule has 1 aromatic rings. The molecule has 0 amide bonds. The first-order chi connectivity index (χ1) is 12.2. The van der Waals surface area contributed by atoms with Crippen molar-refractivity contribution in [2.24, 2.45) is 4.99 Å². The first-order valence-electron chi connectivity index (χ1n) is 9.68. The quantitative estimate of drug-likeness (QED) is 0.505. The molecule has 2 rings (SSSR count). The van der Waals surface area contributed by atoms with Gasteiger partial charge in [-0.3, -0.25) is 4.99 Å². The van der Waals surface area contributed by atoms with Gasteiger partial charge in [0, 0.05) is 26.1 Å². The first kappa shape index (κ1) is 19.6. The molecule has 0 radical (unpaired) electrons. The second-order valence-electron chi connectivity index (χ2n) is 6.63. The van der Waals surface area contributed by atoms with Gasteiger partial charge in [0.1, 0.15) is 5.75 Å². The van der Waals surface area contributed by atoms with E-state index in [0.29, 0.717) is 0 Å². The number of fused-ring (bicyclic) bond motifs is 1. The fraction of sp³-hybridized carbons (Fsp3) is 0.650. The van der Waals surface area contributed by atoms with Crippen LogP contribution in [-0.2, 0) is 12.8 Å². The number of hydrogen-bond acceptors (Lipinski definition) is 3. The Bertz CT molecular complexity index is 544. The molecule has 5 heteroatoms. The highest BCUT2D eigenvalue weighted by Crippen LogP contribution is 2.25. The summed E-state index contributed by atoms with van der Waals surface area (Å²) in [4.78, 5) is 7.03.